The van der Waals surface area contributed by atoms with Crippen molar-refractivity contribution < 1.29 is 9.18 Å². The van der Waals surface area contributed by atoms with Gasteiger partial charge in [-0.05, 0) is 24.6 Å². The molecule has 0 fully saturated rings. The molecule has 0 aliphatic carbocycles. The molecule has 2 N–H and O–H groups in total. The average molecular weight is 205 g/mol. The Labute approximate surface area is 88.3 Å². The van der Waals surface area contributed by atoms with Gasteiger partial charge in [-0.25, -0.2) is 4.39 Å². The number of hydrogen-bond acceptors (Lipinski definition) is 2. The number of nitrogen functional groups attached to an aromatic ring is 1. The summed E-state index contributed by atoms with van der Waals surface area (Å²) in [6.07, 6.45) is 6.51. The van der Waals surface area contributed by atoms with Crippen LogP contribution in [0, 0.1) is 18.2 Å². The second-order valence-electron chi connectivity index (χ2n) is 3.21. The lowest BCUT2D eigenvalue weighted by Gasteiger charge is -2.03. The maximum Gasteiger partial charge on any atom is 0.165 e. The van der Waals surface area contributed by atoms with Gasteiger partial charge in [-0.3, -0.25) is 4.79 Å². The smallest absolute Gasteiger partial charge is 0.165 e. The molecule has 0 amide bonds. The van der Waals surface area contributed by atoms with Crippen molar-refractivity contribution in [3.8, 4) is 12.3 Å². The van der Waals surface area contributed by atoms with Crippen LogP contribution in [0.2, 0.25) is 0 Å². The predicted octanol–water partition coefficient (Wildman–Crippen LogP) is 2.39. The van der Waals surface area contributed by atoms with E-state index in [1.54, 1.807) is 0 Å². The van der Waals surface area contributed by atoms with Crippen LogP contribution >= 0.6 is 0 Å². The first kappa shape index (κ1) is 11.3. The topological polar surface area (TPSA) is 43.1 Å². The largest absolute Gasteiger partial charge is 0.398 e. The Morgan fingerprint density at radius 3 is 2.93 bits per heavy atom. The fraction of sp³-hybridized carbons (Fsp3) is 0.250. The van der Waals surface area contributed by atoms with E-state index < -0.39 is 5.82 Å². The van der Waals surface area contributed by atoms with Crippen molar-refractivity contribution in [3.05, 3.63) is 29.6 Å². The van der Waals surface area contributed by atoms with Crippen LogP contribution in [0.1, 0.15) is 29.6 Å². The maximum absolute atomic E-state index is 12.9. The standard InChI is InChI=1S/C12H12FNO/c1-2-3-4-5-12(15)10-8-9(13)6-7-11(10)14/h1,6-8H,3-5,14H2. The van der Waals surface area contributed by atoms with Crippen LogP contribution in [0.5, 0.6) is 0 Å². The molecule has 0 bridgehead atoms. The highest BCUT2D eigenvalue weighted by Crippen LogP contribution is 2.16. The Morgan fingerprint density at radius 2 is 2.27 bits per heavy atom. The number of halogens is 1. The number of hydrogen-bond donors (Lipinski definition) is 1. The summed E-state index contributed by atoms with van der Waals surface area (Å²) in [7, 11) is 0. The van der Waals surface area contributed by atoms with E-state index in [1.165, 1.54) is 12.1 Å². The number of benzene rings is 1. The summed E-state index contributed by atoms with van der Waals surface area (Å²) in [5.74, 6) is 1.82. The number of ketones is 1. The predicted molar refractivity (Wildman–Crippen MR) is 57.8 cm³/mol. The minimum Gasteiger partial charge on any atom is -0.398 e. The zero-order valence-corrected chi connectivity index (χ0v) is 8.29. The van der Waals surface area contributed by atoms with E-state index in [9.17, 15) is 9.18 Å². The third-order valence-electron chi connectivity index (χ3n) is 2.04. The molecule has 0 aliphatic rings. The minimum atomic E-state index is -0.454. The van der Waals surface area contributed by atoms with Crippen molar-refractivity contribution in [2.24, 2.45) is 0 Å². The van der Waals surface area contributed by atoms with Crippen LogP contribution in [0.4, 0.5) is 10.1 Å². The molecule has 3 heteroatoms. The zero-order chi connectivity index (χ0) is 11.3. The first-order valence-electron chi connectivity index (χ1n) is 4.67. The minimum absolute atomic E-state index is 0.165. The Balaban J connectivity index is 2.73. The van der Waals surface area contributed by atoms with E-state index in [1.807, 2.05) is 0 Å². The summed E-state index contributed by atoms with van der Waals surface area (Å²) in [4.78, 5) is 11.6. The molecule has 0 aliphatic heterocycles. The molecule has 2 nitrogen and oxygen atoms in total. The second-order valence-corrected chi connectivity index (χ2v) is 3.21. The van der Waals surface area contributed by atoms with Crippen LogP contribution in [0.25, 0.3) is 0 Å². The van der Waals surface area contributed by atoms with Crippen molar-refractivity contribution in [3.63, 3.8) is 0 Å². The van der Waals surface area contributed by atoms with Gasteiger partial charge in [0, 0.05) is 24.1 Å². The number of anilines is 1. The summed E-state index contributed by atoms with van der Waals surface area (Å²) in [5.41, 5.74) is 6.12. The summed E-state index contributed by atoms with van der Waals surface area (Å²) in [6.45, 7) is 0. The second kappa shape index (κ2) is 5.16. The molecule has 0 unspecified atom stereocenters. The van der Waals surface area contributed by atoms with Crippen molar-refractivity contribution in [2.45, 2.75) is 19.3 Å². The summed E-state index contributed by atoms with van der Waals surface area (Å²) in [6, 6.07) is 3.78. The first-order valence-corrected chi connectivity index (χ1v) is 4.67. The zero-order valence-electron chi connectivity index (χ0n) is 8.29. The number of Topliss-reactive ketones (excluding diaryl/α,β-unsaturated/α-hetero) is 1. The average Bonchev–Trinajstić information content (AvgIpc) is 2.22. The van der Waals surface area contributed by atoms with E-state index in [4.69, 9.17) is 12.2 Å². The Morgan fingerprint density at radius 1 is 1.53 bits per heavy atom. The molecule has 0 saturated carbocycles. The van der Waals surface area contributed by atoms with Gasteiger partial charge in [0.25, 0.3) is 0 Å². The molecule has 0 atom stereocenters. The number of carbonyl (C=O) groups excluding carboxylic acids is 1. The lowest BCUT2D eigenvalue weighted by Crippen LogP contribution is -2.04. The Bertz CT molecular complexity index is 407. The molecule has 0 saturated heterocycles. The van der Waals surface area contributed by atoms with Crippen molar-refractivity contribution >= 4 is 11.5 Å². The number of terminal acetylenes is 1. The van der Waals surface area contributed by atoms with Crippen LogP contribution in [-0.2, 0) is 0 Å². The normalized spacial score (nSPS) is 9.60. The van der Waals surface area contributed by atoms with E-state index in [0.29, 0.717) is 24.9 Å². The van der Waals surface area contributed by atoms with Gasteiger partial charge < -0.3 is 5.73 Å². The highest BCUT2D eigenvalue weighted by Gasteiger charge is 2.09. The van der Waals surface area contributed by atoms with Gasteiger partial charge in [-0.1, -0.05) is 0 Å². The van der Waals surface area contributed by atoms with Crippen LogP contribution in [-0.4, -0.2) is 5.78 Å². The molecule has 0 heterocycles. The Hall–Kier alpha value is -1.82. The molecule has 1 aromatic rings. The van der Waals surface area contributed by atoms with E-state index in [0.717, 1.165) is 6.07 Å². The third-order valence-corrected chi connectivity index (χ3v) is 2.04. The van der Waals surface area contributed by atoms with Crippen molar-refractivity contribution in [1.29, 1.82) is 0 Å². The lowest BCUT2D eigenvalue weighted by atomic mass is 10.0. The summed E-state index contributed by atoms with van der Waals surface area (Å²) >= 11 is 0. The van der Waals surface area contributed by atoms with E-state index in [-0.39, 0.29) is 11.3 Å². The number of rotatable bonds is 4. The van der Waals surface area contributed by atoms with Crippen molar-refractivity contribution in [2.75, 3.05) is 5.73 Å². The molecule has 1 rings (SSSR count). The number of unbranched alkanes of at least 4 members (excludes halogenated alkanes) is 1. The van der Waals surface area contributed by atoms with Gasteiger partial charge in [0.2, 0.25) is 0 Å². The monoisotopic (exact) mass is 205 g/mol. The van der Waals surface area contributed by atoms with Crippen LogP contribution in [0.3, 0.4) is 0 Å². The summed E-state index contributed by atoms with van der Waals surface area (Å²) < 4.78 is 12.9. The van der Waals surface area contributed by atoms with Gasteiger partial charge in [-0.2, -0.15) is 0 Å². The number of carbonyl (C=O) groups is 1. The van der Waals surface area contributed by atoms with Crippen LogP contribution < -0.4 is 5.73 Å². The molecule has 0 radical (unpaired) electrons. The van der Waals surface area contributed by atoms with Gasteiger partial charge in [-0.15, -0.1) is 12.3 Å². The molecular formula is C12H12FNO. The molecule has 15 heavy (non-hydrogen) atoms. The van der Waals surface area contributed by atoms with Gasteiger partial charge in [0.05, 0.1) is 0 Å². The highest BCUT2D eigenvalue weighted by atomic mass is 19.1. The molecule has 0 aromatic heterocycles. The van der Waals surface area contributed by atoms with Crippen molar-refractivity contribution in [1.82, 2.24) is 0 Å². The van der Waals surface area contributed by atoms with Gasteiger partial charge in [0.1, 0.15) is 5.82 Å². The molecule has 0 spiro atoms. The fourth-order valence-electron chi connectivity index (χ4n) is 1.26. The van der Waals surface area contributed by atoms with E-state index >= 15 is 0 Å². The number of nitrogens with two attached hydrogens (primary N) is 1. The van der Waals surface area contributed by atoms with Gasteiger partial charge in [0.15, 0.2) is 5.78 Å². The highest BCUT2D eigenvalue weighted by molar-refractivity contribution is 6.00. The SMILES string of the molecule is C#CCCCC(=O)c1cc(F)ccc1N. The third kappa shape index (κ3) is 3.10. The van der Waals surface area contributed by atoms with Crippen LogP contribution in [0.15, 0.2) is 18.2 Å². The molecular weight excluding hydrogens is 193 g/mol. The fourth-order valence-corrected chi connectivity index (χ4v) is 1.26. The first-order chi connectivity index (χ1) is 7.15. The Kier molecular flexibility index (Phi) is 3.87. The lowest BCUT2D eigenvalue weighted by molar-refractivity contribution is 0.0981. The maximum atomic E-state index is 12.9. The van der Waals surface area contributed by atoms with E-state index in [2.05, 4.69) is 5.92 Å². The quantitative estimate of drug-likeness (QED) is 0.355. The van der Waals surface area contributed by atoms with Gasteiger partial charge >= 0.3 is 0 Å². The summed E-state index contributed by atoms with van der Waals surface area (Å²) in [5, 5.41) is 0. The molecule has 78 valence electrons. The molecule has 1 aromatic carbocycles.